The molecule has 1 amide bonds. The number of carbonyl (C=O) groups is 1. The summed E-state index contributed by atoms with van der Waals surface area (Å²) in [5.74, 6) is 0.659. The van der Waals surface area contributed by atoms with Gasteiger partial charge < -0.3 is 9.73 Å². The molecule has 0 aliphatic heterocycles. The summed E-state index contributed by atoms with van der Waals surface area (Å²) in [6, 6.07) is 9.25. The van der Waals surface area contributed by atoms with Gasteiger partial charge in [0.2, 0.25) is 11.8 Å². The van der Waals surface area contributed by atoms with E-state index >= 15 is 0 Å². The van der Waals surface area contributed by atoms with Crippen molar-refractivity contribution >= 4 is 35.1 Å². The number of thioether (sulfide) groups is 1. The second kappa shape index (κ2) is 7.88. The molecule has 0 bridgehead atoms. The quantitative estimate of drug-likeness (QED) is 0.647. The molecule has 0 spiro atoms. The molecule has 1 aromatic carbocycles. The maximum atomic E-state index is 12.3. The van der Waals surface area contributed by atoms with Crippen molar-refractivity contribution in [3.8, 4) is 11.5 Å². The summed E-state index contributed by atoms with van der Waals surface area (Å²) in [7, 11) is 0. The Morgan fingerprint density at radius 1 is 1.19 bits per heavy atom. The first-order valence-electron chi connectivity index (χ1n) is 7.92. The Labute approximate surface area is 160 Å². The highest BCUT2D eigenvalue weighted by Gasteiger charge is 2.19. The van der Waals surface area contributed by atoms with Crippen LogP contribution < -0.4 is 5.32 Å². The zero-order valence-corrected chi connectivity index (χ0v) is 16.1. The zero-order valence-electron chi connectivity index (χ0n) is 14.5. The molecule has 0 unspecified atom stereocenters. The maximum Gasteiger partial charge on any atom is 0.277 e. The van der Waals surface area contributed by atoms with Crippen LogP contribution in [0.25, 0.3) is 11.5 Å². The van der Waals surface area contributed by atoms with Crippen LogP contribution in [0.4, 0.5) is 5.82 Å². The number of amides is 1. The van der Waals surface area contributed by atoms with Crippen molar-refractivity contribution < 1.29 is 9.21 Å². The Hall–Kier alpha value is -2.38. The molecule has 134 valence electrons. The number of hydrogen-bond donors (Lipinski definition) is 1. The summed E-state index contributed by atoms with van der Waals surface area (Å²) < 4.78 is 5.68. The number of aryl methyl sites for hydroxylation is 2. The number of nitrogens with zero attached hydrogens (tertiary/aromatic N) is 3. The average molecular weight is 389 g/mol. The zero-order chi connectivity index (χ0) is 18.7. The second-order valence-electron chi connectivity index (χ2n) is 5.78. The molecule has 0 saturated carbocycles. The van der Waals surface area contributed by atoms with Gasteiger partial charge in [0.1, 0.15) is 5.82 Å². The first-order valence-corrected chi connectivity index (χ1v) is 9.18. The van der Waals surface area contributed by atoms with E-state index in [2.05, 4.69) is 20.5 Å². The fourth-order valence-corrected chi connectivity index (χ4v) is 2.93. The van der Waals surface area contributed by atoms with Gasteiger partial charge in [-0.25, -0.2) is 4.98 Å². The normalized spacial score (nSPS) is 12.0. The smallest absolute Gasteiger partial charge is 0.277 e. The minimum atomic E-state index is -0.430. The van der Waals surface area contributed by atoms with Crippen LogP contribution >= 0.6 is 23.4 Å². The molecule has 0 aliphatic rings. The van der Waals surface area contributed by atoms with Crippen LogP contribution in [-0.2, 0) is 4.79 Å². The van der Waals surface area contributed by atoms with Crippen molar-refractivity contribution in [1.82, 2.24) is 15.2 Å². The van der Waals surface area contributed by atoms with E-state index in [1.54, 1.807) is 19.1 Å². The number of halogens is 1. The summed E-state index contributed by atoms with van der Waals surface area (Å²) in [6.07, 6.45) is 1.48. The number of rotatable bonds is 5. The highest BCUT2D eigenvalue weighted by Crippen LogP contribution is 2.27. The maximum absolute atomic E-state index is 12.3. The lowest BCUT2D eigenvalue weighted by molar-refractivity contribution is -0.115. The molecular weight excluding hydrogens is 372 g/mol. The number of nitrogens with one attached hydrogen (secondary N) is 1. The summed E-state index contributed by atoms with van der Waals surface area (Å²) in [5, 5.41) is 11.2. The van der Waals surface area contributed by atoms with Gasteiger partial charge in [-0.05, 0) is 56.2 Å². The molecule has 2 heterocycles. The van der Waals surface area contributed by atoms with E-state index in [9.17, 15) is 4.79 Å². The first kappa shape index (κ1) is 18.4. The van der Waals surface area contributed by atoms with Gasteiger partial charge in [-0.15, -0.1) is 10.2 Å². The molecule has 3 rings (SSSR count). The third-order valence-corrected chi connectivity index (χ3v) is 4.94. The Morgan fingerprint density at radius 3 is 2.69 bits per heavy atom. The van der Waals surface area contributed by atoms with Crippen LogP contribution in [0.1, 0.15) is 18.1 Å². The fraction of sp³-hybridized carbons (Fsp3) is 0.222. The van der Waals surface area contributed by atoms with Gasteiger partial charge >= 0.3 is 0 Å². The van der Waals surface area contributed by atoms with Crippen molar-refractivity contribution in [2.75, 3.05) is 5.32 Å². The van der Waals surface area contributed by atoms with E-state index in [1.165, 1.54) is 23.5 Å². The highest BCUT2D eigenvalue weighted by molar-refractivity contribution is 8.00. The minimum absolute atomic E-state index is 0.212. The summed E-state index contributed by atoms with van der Waals surface area (Å²) in [5.41, 5.74) is 3.21. The summed E-state index contributed by atoms with van der Waals surface area (Å²) >= 11 is 6.97. The van der Waals surface area contributed by atoms with E-state index in [-0.39, 0.29) is 5.91 Å². The van der Waals surface area contributed by atoms with Crippen LogP contribution in [-0.4, -0.2) is 26.3 Å². The predicted molar refractivity (Wildman–Crippen MR) is 102 cm³/mol. The molecule has 2 aromatic heterocycles. The Kier molecular flexibility index (Phi) is 5.58. The number of aromatic nitrogens is 3. The van der Waals surface area contributed by atoms with E-state index < -0.39 is 5.25 Å². The Morgan fingerprint density at radius 2 is 2.00 bits per heavy atom. The second-order valence-corrected chi connectivity index (χ2v) is 7.51. The highest BCUT2D eigenvalue weighted by atomic mass is 35.5. The lowest BCUT2D eigenvalue weighted by Crippen LogP contribution is -2.22. The van der Waals surface area contributed by atoms with E-state index in [4.69, 9.17) is 16.0 Å². The first-order chi connectivity index (χ1) is 12.4. The number of benzene rings is 1. The van der Waals surface area contributed by atoms with Gasteiger partial charge in [-0.1, -0.05) is 29.4 Å². The van der Waals surface area contributed by atoms with Crippen molar-refractivity contribution in [3.63, 3.8) is 0 Å². The lowest BCUT2D eigenvalue weighted by Gasteiger charge is -2.09. The van der Waals surface area contributed by atoms with Gasteiger partial charge in [-0.2, -0.15) is 0 Å². The number of anilines is 1. The standard InChI is InChI=1S/C18H17ClN4O2S/c1-10-4-5-13(8-11(10)2)17-22-23-18(25-17)26-12(3)16(24)21-15-7-6-14(19)9-20-15/h4-9,12H,1-3H3,(H,20,21,24)/t12-/m1/s1. The molecule has 6 nitrogen and oxygen atoms in total. The number of hydrogen-bond acceptors (Lipinski definition) is 6. The number of pyridine rings is 1. The lowest BCUT2D eigenvalue weighted by atomic mass is 10.1. The average Bonchev–Trinajstić information content (AvgIpc) is 3.07. The molecule has 1 atom stereocenters. The third-order valence-electron chi connectivity index (χ3n) is 3.79. The monoisotopic (exact) mass is 388 g/mol. The SMILES string of the molecule is Cc1ccc(-c2nnc(S[C@H](C)C(=O)Nc3ccc(Cl)cn3)o2)cc1C. The molecular formula is C18H17ClN4O2S. The predicted octanol–water partition coefficient (Wildman–Crippen LogP) is 4.52. The Bertz CT molecular complexity index is 927. The van der Waals surface area contributed by atoms with Crippen molar-refractivity contribution in [2.45, 2.75) is 31.2 Å². The van der Waals surface area contributed by atoms with Crippen LogP contribution in [0.3, 0.4) is 0 Å². The van der Waals surface area contributed by atoms with E-state index in [0.717, 1.165) is 11.1 Å². The molecule has 3 aromatic rings. The van der Waals surface area contributed by atoms with Crippen LogP contribution in [0.2, 0.25) is 5.02 Å². The van der Waals surface area contributed by atoms with Crippen molar-refractivity contribution in [1.29, 1.82) is 0 Å². The van der Waals surface area contributed by atoms with Crippen LogP contribution in [0.15, 0.2) is 46.2 Å². The van der Waals surface area contributed by atoms with Crippen LogP contribution in [0.5, 0.6) is 0 Å². The van der Waals surface area contributed by atoms with Gasteiger partial charge in [0, 0.05) is 11.8 Å². The molecule has 26 heavy (non-hydrogen) atoms. The Balaban J connectivity index is 1.65. The third kappa shape index (κ3) is 4.42. The van der Waals surface area contributed by atoms with Crippen LogP contribution in [0, 0.1) is 13.8 Å². The molecule has 0 radical (unpaired) electrons. The largest absolute Gasteiger partial charge is 0.411 e. The minimum Gasteiger partial charge on any atom is -0.411 e. The summed E-state index contributed by atoms with van der Waals surface area (Å²) in [6.45, 7) is 5.84. The topological polar surface area (TPSA) is 80.9 Å². The molecule has 0 fully saturated rings. The molecule has 8 heteroatoms. The van der Waals surface area contributed by atoms with Gasteiger partial charge in [-0.3, -0.25) is 4.79 Å². The molecule has 0 saturated heterocycles. The van der Waals surface area contributed by atoms with E-state index in [1.807, 2.05) is 32.0 Å². The van der Waals surface area contributed by atoms with Crippen molar-refractivity contribution in [2.24, 2.45) is 0 Å². The van der Waals surface area contributed by atoms with Crippen molar-refractivity contribution in [3.05, 3.63) is 52.7 Å². The summed E-state index contributed by atoms with van der Waals surface area (Å²) in [4.78, 5) is 16.3. The molecule has 1 N–H and O–H groups in total. The molecule has 0 aliphatic carbocycles. The van der Waals surface area contributed by atoms with Gasteiger partial charge in [0.05, 0.1) is 10.3 Å². The van der Waals surface area contributed by atoms with Gasteiger partial charge in [0.25, 0.3) is 5.22 Å². The van der Waals surface area contributed by atoms with Gasteiger partial charge in [0.15, 0.2) is 0 Å². The number of carbonyl (C=O) groups excluding carboxylic acids is 1. The van der Waals surface area contributed by atoms with E-state index in [0.29, 0.717) is 22.0 Å². The fourth-order valence-electron chi connectivity index (χ4n) is 2.13.